The van der Waals surface area contributed by atoms with Gasteiger partial charge in [-0.25, -0.2) is 0 Å². The highest BCUT2D eigenvalue weighted by atomic mass is 19.3. The molecule has 0 aliphatic carbocycles. The van der Waals surface area contributed by atoms with Crippen molar-refractivity contribution in [1.29, 1.82) is 0 Å². The van der Waals surface area contributed by atoms with Gasteiger partial charge in [-0.3, -0.25) is 4.79 Å². The molecule has 2 rings (SSSR count). The molecule has 2 aromatic carbocycles. The Morgan fingerprint density at radius 3 is 2.36 bits per heavy atom. The number of hydrogen-bond acceptors (Lipinski definition) is 4. The third-order valence-electron chi connectivity index (χ3n) is 3.27. The number of carbonyl (C=O) groups is 1. The van der Waals surface area contributed by atoms with E-state index in [0.29, 0.717) is 5.56 Å². The Labute approximate surface area is 158 Å². The molecule has 0 heterocycles. The van der Waals surface area contributed by atoms with Crippen molar-refractivity contribution in [3.63, 3.8) is 0 Å². The van der Waals surface area contributed by atoms with Gasteiger partial charge in [-0.15, -0.1) is 0 Å². The molecule has 0 aliphatic heterocycles. The summed E-state index contributed by atoms with van der Waals surface area (Å²) in [6.07, 6.45) is 2.55. The first-order valence-electron chi connectivity index (χ1n) is 8.13. The van der Waals surface area contributed by atoms with Gasteiger partial charge in [0.1, 0.15) is 5.75 Å². The van der Waals surface area contributed by atoms with Gasteiger partial charge in [-0.05, 0) is 42.8 Å². The van der Waals surface area contributed by atoms with E-state index in [0.717, 1.165) is 6.08 Å². The minimum atomic E-state index is -3.03. The Morgan fingerprint density at radius 1 is 1.00 bits per heavy atom. The first kappa shape index (κ1) is 21.1. The van der Waals surface area contributed by atoms with E-state index in [1.54, 1.807) is 13.0 Å². The van der Waals surface area contributed by atoms with Crippen molar-refractivity contribution in [3.8, 4) is 17.2 Å². The van der Waals surface area contributed by atoms with Crippen molar-refractivity contribution in [2.75, 3.05) is 11.9 Å². The van der Waals surface area contributed by atoms with Crippen LogP contribution in [-0.4, -0.2) is 25.7 Å². The van der Waals surface area contributed by atoms with Crippen LogP contribution in [0.15, 0.2) is 48.5 Å². The summed E-state index contributed by atoms with van der Waals surface area (Å²) >= 11 is 0. The first-order valence-corrected chi connectivity index (χ1v) is 8.13. The molecule has 2 aromatic rings. The van der Waals surface area contributed by atoms with E-state index in [2.05, 4.69) is 14.8 Å². The zero-order valence-corrected chi connectivity index (χ0v) is 14.7. The standard InChI is InChI=1S/C19H17F4NO4/c1-2-26-16-11-12(7-9-15(16)28-19(22)23)8-10-17(25)24-13-5-3-4-6-14(13)27-18(20)21/h3-11,18-19H,2H2,1H3,(H,24,25)/b10-8+. The Morgan fingerprint density at radius 2 is 1.68 bits per heavy atom. The molecule has 0 saturated carbocycles. The number of amides is 1. The van der Waals surface area contributed by atoms with Gasteiger partial charge in [0.05, 0.1) is 12.3 Å². The molecule has 0 bridgehead atoms. The minimum Gasteiger partial charge on any atom is -0.490 e. The average molecular weight is 399 g/mol. The third-order valence-corrected chi connectivity index (χ3v) is 3.27. The molecule has 0 radical (unpaired) electrons. The number of anilines is 1. The minimum absolute atomic E-state index is 0.0770. The van der Waals surface area contributed by atoms with Crippen LogP contribution in [0.2, 0.25) is 0 Å². The number of carbonyl (C=O) groups excluding carboxylic acids is 1. The lowest BCUT2D eigenvalue weighted by Crippen LogP contribution is -2.11. The van der Waals surface area contributed by atoms with Crippen LogP contribution in [0, 0.1) is 0 Å². The highest BCUT2D eigenvalue weighted by Gasteiger charge is 2.12. The number of alkyl halides is 4. The maximum atomic E-state index is 12.4. The van der Waals surface area contributed by atoms with Crippen LogP contribution in [0.25, 0.3) is 6.08 Å². The third kappa shape index (κ3) is 6.49. The summed E-state index contributed by atoms with van der Waals surface area (Å²) in [5, 5.41) is 2.42. The van der Waals surface area contributed by atoms with Crippen LogP contribution >= 0.6 is 0 Å². The van der Waals surface area contributed by atoms with Gasteiger partial charge in [-0.1, -0.05) is 18.2 Å². The molecule has 0 saturated heterocycles. The Bertz CT molecular complexity index is 827. The molecule has 0 spiro atoms. The van der Waals surface area contributed by atoms with Crippen LogP contribution in [-0.2, 0) is 4.79 Å². The zero-order valence-electron chi connectivity index (χ0n) is 14.7. The summed E-state index contributed by atoms with van der Waals surface area (Å²) < 4.78 is 63.6. The topological polar surface area (TPSA) is 56.8 Å². The van der Waals surface area contributed by atoms with Gasteiger partial charge in [0.2, 0.25) is 5.91 Å². The number of halogens is 4. The normalized spacial score (nSPS) is 11.1. The second-order valence-corrected chi connectivity index (χ2v) is 5.21. The maximum Gasteiger partial charge on any atom is 0.387 e. The molecule has 1 amide bonds. The van der Waals surface area contributed by atoms with Crippen molar-refractivity contribution in [2.45, 2.75) is 20.1 Å². The zero-order chi connectivity index (χ0) is 20.5. The second kappa shape index (κ2) is 10.2. The number of benzene rings is 2. The number of para-hydroxylation sites is 2. The van der Waals surface area contributed by atoms with Crippen molar-refractivity contribution in [1.82, 2.24) is 0 Å². The fourth-order valence-corrected chi connectivity index (χ4v) is 2.20. The van der Waals surface area contributed by atoms with E-state index in [1.165, 1.54) is 42.5 Å². The maximum absolute atomic E-state index is 12.4. The summed E-state index contributed by atoms with van der Waals surface area (Å²) in [7, 11) is 0. The van der Waals surface area contributed by atoms with Crippen LogP contribution < -0.4 is 19.5 Å². The Hall–Kier alpha value is -3.23. The Balaban J connectivity index is 2.11. The molecule has 0 atom stereocenters. The molecule has 1 N–H and O–H groups in total. The highest BCUT2D eigenvalue weighted by Crippen LogP contribution is 2.30. The summed E-state index contributed by atoms with van der Waals surface area (Å²) in [4.78, 5) is 12.1. The lowest BCUT2D eigenvalue weighted by Gasteiger charge is -2.12. The summed E-state index contributed by atoms with van der Waals surface area (Å²) in [5.74, 6) is -0.805. The number of hydrogen-bond donors (Lipinski definition) is 1. The summed E-state index contributed by atoms with van der Waals surface area (Å²) in [6, 6.07) is 9.92. The molecule has 0 unspecified atom stereocenters. The molecule has 5 nitrogen and oxygen atoms in total. The molecule has 150 valence electrons. The van der Waals surface area contributed by atoms with E-state index in [-0.39, 0.29) is 29.5 Å². The van der Waals surface area contributed by atoms with Crippen LogP contribution in [0.1, 0.15) is 12.5 Å². The molecule has 0 aromatic heterocycles. The van der Waals surface area contributed by atoms with Crippen LogP contribution in [0.5, 0.6) is 17.2 Å². The summed E-state index contributed by atoms with van der Waals surface area (Å²) in [5.41, 5.74) is 0.561. The average Bonchev–Trinajstić information content (AvgIpc) is 2.63. The van der Waals surface area contributed by atoms with Crippen molar-refractivity contribution < 1.29 is 36.6 Å². The van der Waals surface area contributed by atoms with Crippen LogP contribution in [0.3, 0.4) is 0 Å². The fourth-order valence-electron chi connectivity index (χ4n) is 2.20. The van der Waals surface area contributed by atoms with E-state index >= 15 is 0 Å². The van der Waals surface area contributed by atoms with Crippen LogP contribution in [0.4, 0.5) is 23.2 Å². The van der Waals surface area contributed by atoms with Crippen molar-refractivity contribution >= 4 is 17.7 Å². The predicted octanol–water partition coefficient (Wildman–Crippen LogP) is 4.94. The fraction of sp³-hybridized carbons (Fsp3) is 0.211. The molecular weight excluding hydrogens is 382 g/mol. The molecular formula is C19H17F4NO4. The van der Waals surface area contributed by atoms with Gasteiger partial charge < -0.3 is 19.5 Å². The number of nitrogens with one attached hydrogen (secondary N) is 1. The van der Waals surface area contributed by atoms with E-state index in [1.807, 2.05) is 0 Å². The van der Waals surface area contributed by atoms with Crippen molar-refractivity contribution in [3.05, 3.63) is 54.1 Å². The smallest absolute Gasteiger partial charge is 0.387 e. The largest absolute Gasteiger partial charge is 0.490 e. The van der Waals surface area contributed by atoms with Gasteiger partial charge >= 0.3 is 13.2 Å². The molecule has 9 heteroatoms. The van der Waals surface area contributed by atoms with Gasteiger partial charge in [-0.2, -0.15) is 17.6 Å². The number of ether oxygens (including phenoxy) is 3. The predicted molar refractivity (Wildman–Crippen MR) is 95.0 cm³/mol. The SMILES string of the molecule is CCOc1cc(/C=C/C(=O)Nc2ccccc2OC(F)F)ccc1OC(F)F. The number of rotatable bonds is 9. The van der Waals surface area contributed by atoms with E-state index < -0.39 is 19.1 Å². The first-order chi connectivity index (χ1) is 13.4. The molecule has 0 aliphatic rings. The van der Waals surface area contributed by atoms with Crippen molar-refractivity contribution in [2.24, 2.45) is 0 Å². The summed E-state index contributed by atoms with van der Waals surface area (Å²) in [6.45, 7) is -4.11. The lowest BCUT2D eigenvalue weighted by atomic mass is 10.2. The quantitative estimate of drug-likeness (QED) is 0.479. The highest BCUT2D eigenvalue weighted by molar-refractivity contribution is 6.02. The monoisotopic (exact) mass is 399 g/mol. The lowest BCUT2D eigenvalue weighted by molar-refractivity contribution is -0.111. The van der Waals surface area contributed by atoms with E-state index in [9.17, 15) is 22.4 Å². The molecule has 0 fully saturated rings. The van der Waals surface area contributed by atoms with Gasteiger partial charge in [0.25, 0.3) is 0 Å². The van der Waals surface area contributed by atoms with E-state index in [4.69, 9.17) is 4.74 Å². The second-order valence-electron chi connectivity index (χ2n) is 5.21. The Kier molecular flexibility index (Phi) is 7.67. The molecule has 28 heavy (non-hydrogen) atoms. The van der Waals surface area contributed by atoms with Gasteiger partial charge in [0, 0.05) is 6.08 Å². The van der Waals surface area contributed by atoms with Gasteiger partial charge in [0.15, 0.2) is 11.5 Å².